The van der Waals surface area contributed by atoms with Crippen molar-refractivity contribution in [2.75, 3.05) is 38.8 Å². The lowest BCUT2D eigenvalue weighted by molar-refractivity contribution is -0.115. The van der Waals surface area contributed by atoms with Crippen molar-refractivity contribution in [3.8, 4) is 23.0 Å². The smallest absolute Gasteiger partial charge is 0.251 e. The molecule has 0 aliphatic rings. The quantitative estimate of drug-likeness (QED) is 0.566. The number of nitrogens with one attached hydrogen (secondary N) is 2. The van der Waals surface area contributed by atoms with Crippen LogP contribution in [0.25, 0.3) is 0 Å². The molecular weight excluding hydrogens is 400 g/mol. The second-order valence-corrected chi connectivity index (χ2v) is 6.54. The second-order valence-electron chi connectivity index (χ2n) is 6.54. The molecule has 2 amide bonds. The number of rotatable bonds is 11. The van der Waals surface area contributed by atoms with Gasteiger partial charge in [-0.2, -0.15) is 0 Å². The van der Waals surface area contributed by atoms with Crippen LogP contribution >= 0.6 is 0 Å². The minimum Gasteiger partial charge on any atom is -0.495 e. The number of hydrogen-bond acceptors (Lipinski definition) is 6. The van der Waals surface area contributed by atoms with Crippen molar-refractivity contribution in [3.05, 3.63) is 41.5 Å². The fourth-order valence-corrected chi connectivity index (χ4v) is 2.90. The molecule has 0 unspecified atom stereocenters. The van der Waals surface area contributed by atoms with Crippen molar-refractivity contribution in [3.63, 3.8) is 0 Å². The van der Waals surface area contributed by atoms with Crippen LogP contribution in [-0.4, -0.2) is 45.3 Å². The van der Waals surface area contributed by atoms with Crippen LogP contribution in [0.15, 0.2) is 30.3 Å². The van der Waals surface area contributed by atoms with Gasteiger partial charge in [-0.15, -0.1) is 0 Å². The van der Waals surface area contributed by atoms with E-state index in [2.05, 4.69) is 10.6 Å². The van der Waals surface area contributed by atoms with Gasteiger partial charge in [-0.1, -0.05) is 6.07 Å². The molecule has 0 saturated carbocycles. The van der Waals surface area contributed by atoms with Crippen molar-refractivity contribution in [1.29, 1.82) is 0 Å². The Hall–Kier alpha value is -3.42. The van der Waals surface area contributed by atoms with E-state index in [1.807, 2.05) is 33.8 Å². The van der Waals surface area contributed by atoms with Crippen LogP contribution in [0.4, 0.5) is 5.69 Å². The number of amides is 2. The van der Waals surface area contributed by atoms with Crippen LogP contribution < -0.4 is 29.6 Å². The first kappa shape index (κ1) is 23.9. The predicted molar refractivity (Wildman–Crippen MR) is 119 cm³/mol. The number of hydrogen-bond donors (Lipinski definition) is 2. The normalized spacial score (nSPS) is 10.2. The third-order valence-corrected chi connectivity index (χ3v) is 4.21. The highest BCUT2D eigenvalue weighted by atomic mass is 16.5. The summed E-state index contributed by atoms with van der Waals surface area (Å²) < 4.78 is 22.2. The highest BCUT2D eigenvalue weighted by Crippen LogP contribution is 2.39. The molecule has 2 aromatic carbocycles. The molecule has 2 N–H and O–H groups in total. The molecule has 0 saturated heterocycles. The summed E-state index contributed by atoms with van der Waals surface area (Å²) >= 11 is 0. The van der Waals surface area contributed by atoms with Gasteiger partial charge in [-0.3, -0.25) is 9.59 Å². The molecule has 168 valence electrons. The summed E-state index contributed by atoms with van der Waals surface area (Å²) in [4.78, 5) is 25.0. The first-order chi connectivity index (χ1) is 14.9. The fraction of sp³-hybridized carbons (Fsp3) is 0.391. The van der Waals surface area contributed by atoms with Crippen LogP contribution in [0.5, 0.6) is 23.0 Å². The van der Waals surface area contributed by atoms with Gasteiger partial charge in [-0.25, -0.2) is 0 Å². The van der Waals surface area contributed by atoms with E-state index in [0.717, 1.165) is 5.56 Å². The van der Waals surface area contributed by atoms with Crippen LogP contribution in [-0.2, 0) is 4.79 Å². The van der Waals surface area contributed by atoms with Gasteiger partial charge >= 0.3 is 0 Å². The number of carbonyl (C=O) groups excluding carboxylic acids is 2. The van der Waals surface area contributed by atoms with Crippen molar-refractivity contribution in [2.24, 2.45) is 0 Å². The van der Waals surface area contributed by atoms with E-state index in [1.54, 1.807) is 24.3 Å². The highest BCUT2D eigenvalue weighted by Gasteiger charge is 2.19. The number of benzene rings is 2. The van der Waals surface area contributed by atoms with Gasteiger partial charge in [0.15, 0.2) is 11.5 Å². The SMILES string of the molecule is CCOc1cc(C(=O)NCC(=O)Nc2cc(C)ccc2OC)cc(OCC)c1OCC. The van der Waals surface area contributed by atoms with E-state index in [4.69, 9.17) is 18.9 Å². The molecule has 2 aromatic rings. The summed E-state index contributed by atoms with van der Waals surface area (Å²) in [7, 11) is 1.53. The Morgan fingerprint density at radius 3 is 2.03 bits per heavy atom. The molecule has 0 spiro atoms. The summed E-state index contributed by atoms with van der Waals surface area (Å²) in [5, 5.41) is 5.37. The zero-order chi connectivity index (χ0) is 22.8. The molecule has 0 fully saturated rings. The number of ether oxygens (including phenoxy) is 4. The van der Waals surface area contributed by atoms with Crippen LogP contribution in [0, 0.1) is 6.92 Å². The van der Waals surface area contributed by atoms with Crippen LogP contribution in [0.1, 0.15) is 36.7 Å². The van der Waals surface area contributed by atoms with Crippen molar-refractivity contribution in [2.45, 2.75) is 27.7 Å². The molecule has 31 heavy (non-hydrogen) atoms. The summed E-state index contributed by atoms with van der Waals surface area (Å²) in [5.74, 6) is 1.00. The van der Waals surface area contributed by atoms with Crippen molar-refractivity contribution >= 4 is 17.5 Å². The molecule has 0 bridgehead atoms. The van der Waals surface area contributed by atoms with Crippen molar-refractivity contribution < 1.29 is 28.5 Å². The fourth-order valence-electron chi connectivity index (χ4n) is 2.90. The lowest BCUT2D eigenvalue weighted by atomic mass is 10.1. The summed E-state index contributed by atoms with van der Waals surface area (Å²) in [6, 6.07) is 8.61. The van der Waals surface area contributed by atoms with Gasteiger partial charge in [0.05, 0.1) is 39.2 Å². The molecule has 2 rings (SSSR count). The van der Waals surface area contributed by atoms with Gasteiger partial charge in [0, 0.05) is 5.56 Å². The van der Waals surface area contributed by atoms with Gasteiger partial charge in [0.1, 0.15) is 5.75 Å². The zero-order valence-electron chi connectivity index (χ0n) is 18.7. The second kappa shape index (κ2) is 11.7. The highest BCUT2D eigenvalue weighted by molar-refractivity contribution is 6.00. The maximum atomic E-state index is 12.7. The van der Waals surface area contributed by atoms with Crippen molar-refractivity contribution in [1.82, 2.24) is 5.32 Å². The molecule has 8 heteroatoms. The first-order valence-electron chi connectivity index (χ1n) is 10.2. The van der Waals surface area contributed by atoms with E-state index in [-0.39, 0.29) is 12.5 Å². The maximum absolute atomic E-state index is 12.7. The van der Waals surface area contributed by atoms with Gasteiger partial charge in [0.25, 0.3) is 5.91 Å². The minimum atomic E-state index is -0.434. The van der Waals surface area contributed by atoms with E-state index in [0.29, 0.717) is 54.1 Å². The molecule has 0 radical (unpaired) electrons. The molecule has 0 aliphatic carbocycles. The zero-order valence-corrected chi connectivity index (χ0v) is 18.7. The Labute approximate surface area is 182 Å². The maximum Gasteiger partial charge on any atom is 0.251 e. The number of aryl methyl sites for hydroxylation is 1. The first-order valence-corrected chi connectivity index (χ1v) is 10.2. The monoisotopic (exact) mass is 430 g/mol. The van der Waals surface area contributed by atoms with Gasteiger partial charge in [0.2, 0.25) is 11.7 Å². The standard InChI is InChI=1S/C23H30N2O6/c1-6-29-19-12-16(13-20(30-7-2)22(19)31-8-3)23(27)24-14-21(26)25-17-11-15(4)9-10-18(17)28-5/h9-13H,6-8,14H2,1-5H3,(H,24,27)(H,25,26). The predicted octanol–water partition coefficient (Wildman–Crippen LogP) is 3.57. The number of carbonyl (C=O) groups is 2. The average molecular weight is 431 g/mol. The topological polar surface area (TPSA) is 95.1 Å². The van der Waals surface area contributed by atoms with E-state index < -0.39 is 5.91 Å². The Balaban J connectivity index is 2.14. The minimum absolute atomic E-state index is 0.211. The lowest BCUT2D eigenvalue weighted by Gasteiger charge is -2.17. The Morgan fingerprint density at radius 2 is 1.48 bits per heavy atom. The Morgan fingerprint density at radius 1 is 0.871 bits per heavy atom. The molecular formula is C23H30N2O6. The molecule has 0 atom stereocenters. The largest absolute Gasteiger partial charge is 0.495 e. The third kappa shape index (κ3) is 6.53. The molecule has 0 aliphatic heterocycles. The Kier molecular flexibility index (Phi) is 8.99. The van der Waals surface area contributed by atoms with Crippen LogP contribution in [0.3, 0.4) is 0 Å². The summed E-state index contributed by atoms with van der Waals surface area (Å²) in [5.41, 5.74) is 1.82. The van der Waals surface area contributed by atoms with Gasteiger partial charge < -0.3 is 29.6 Å². The van der Waals surface area contributed by atoms with E-state index in [1.165, 1.54) is 7.11 Å². The number of methoxy groups -OCH3 is 1. The molecule has 0 aromatic heterocycles. The summed E-state index contributed by atoms with van der Waals surface area (Å²) in [6.45, 7) is 8.46. The Bertz CT molecular complexity index is 886. The van der Waals surface area contributed by atoms with Crippen LogP contribution in [0.2, 0.25) is 0 Å². The summed E-state index contributed by atoms with van der Waals surface area (Å²) in [6.07, 6.45) is 0. The lowest BCUT2D eigenvalue weighted by Crippen LogP contribution is -2.33. The van der Waals surface area contributed by atoms with E-state index in [9.17, 15) is 9.59 Å². The third-order valence-electron chi connectivity index (χ3n) is 4.21. The average Bonchev–Trinajstić information content (AvgIpc) is 2.74. The number of anilines is 1. The van der Waals surface area contributed by atoms with E-state index >= 15 is 0 Å². The van der Waals surface area contributed by atoms with Gasteiger partial charge in [-0.05, 0) is 57.5 Å². The molecule has 0 heterocycles. The molecule has 8 nitrogen and oxygen atoms in total.